The maximum absolute atomic E-state index is 13.8. The van der Waals surface area contributed by atoms with Crippen molar-refractivity contribution in [3.05, 3.63) is 93.5 Å². The predicted octanol–water partition coefficient (Wildman–Crippen LogP) is 5.99. The van der Waals surface area contributed by atoms with Crippen molar-refractivity contribution in [1.29, 1.82) is 0 Å². The molecule has 0 atom stereocenters. The van der Waals surface area contributed by atoms with E-state index in [-0.39, 0.29) is 12.5 Å². The summed E-state index contributed by atoms with van der Waals surface area (Å²) < 4.78 is 12.8. The Kier molecular flexibility index (Phi) is 6.88. The molecule has 6 heteroatoms. The second-order valence-corrected chi connectivity index (χ2v) is 9.01. The number of ether oxygens (including phenoxy) is 2. The largest absolute Gasteiger partial charge is 0.497 e. The van der Waals surface area contributed by atoms with Crippen LogP contribution >= 0.6 is 0 Å². The summed E-state index contributed by atoms with van der Waals surface area (Å²) in [6, 6.07) is 15.7. The van der Waals surface area contributed by atoms with E-state index in [1.807, 2.05) is 82.3 Å². The van der Waals surface area contributed by atoms with Gasteiger partial charge in [-0.25, -0.2) is 4.79 Å². The zero-order chi connectivity index (χ0) is 26.1. The Morgan fingerprint density at radius 1 is 0.917 bits per heavy atom. The Morgan fingerprint density at radius 2 is 1.58 bits per heavy atom. The van der Waals surface area contributed by atoms with Gasteiger partial charge >= 0.3 is 5.97 Å². The maximum atomic E-state index is 13.8. The van der Waals surface area contributed by atoms with E-state index in [1.54, 1.807) is 25.9 Å². The zero-order valence-electron chi connectivity index (χ0n) is 21.9. The number of aromatic nitrogens is 1. The summed E-state index contributed by atoms with van der Waals surface area (Å²) in [5.74, 6) is 0.0455. The number of hydrogen-bond donors (Lipinski definition) is 0. The molecular weight excluding hydrogens is 452 g/mol. The summed E-state index contributed by atoms with van der Waals surface area (Å²) in [5.41, 5.74) is 7.97. The number of rotatable bonds is 6. The molecule has 0 N–H and O–H groups in total. The fourth-order valence-corrected chi connectivity index (χ4v) is 4.67. The molecule has 1 aliphatic rings. The zero-order valence-corrected chi connectivity index (χ0v) is 21.9. The van der Waals surface area contributed by atoms with E-state index >= 15 is 0 Å². The molecule has 0 aliphatic carbocycles. The molecular formula is C30H32N2O4. The van der Waals surface area contributed by atoms with Crippen LogP contribution in [0.1, 0.15) is 41.9 Å². The van der Waals surface area contributed by atoms with Gasteiger partial charge in [0.1, 0.15) is 5.75 Å². The number of aryl methyl sites for hydroxylation is 3. The highest BCUT2D eigenvalue weighted by atomic mass is 16.5. The lowest BCUT2D eigenvalue weighted by molar-refractivity contribution is -0.138. The molecule has 0 bridgehead atoms. The fraction of sp³-hybridized carbons (Fsp3) is 0.267. The lowest BCUT2D eigenvalue weighted by Gasteiger charge is -2.19. The number of hydrogen-bond acceptors (Lipinski definition) is 4. The van der Waals surface area contributed by atoms with Crippen molar-refractivity contribution < 1.29 is 19.1 Å². The molecule has 36 heavy (non-hydrogen) atoms. The molecule has 0 fully saturated rings. The molecule has 4 rings (SSSR count). The molecule has 0 spiro atoms. The van der Waals surface area contributed by atoms with Crippen molar-refractivity contribution in [1.82, 2.24) is 4.57 Å². The van der Waals surface area contributed by atoms with Crippen molar-refractivity contribution >= 4 is 23.6 Å². The van der Waals surface area contributed by atoms with Crippen LogP contribution in [0.25, 0.3) is 11.8 Å². The normalized spacial score (nSPS) is 14.7. The minimum absolute atomic E-state index is 0.229. The van der Waals surface area contributed by atoms with E-state index in [1.165, 1.54) is 0 Å². The van der Waals surface area contributed by atoms with E-state index in [0.717, 1.165) is 45.2 Å². The third-order valence-corrected chi connectivity index (χ3v) is 6.73. The first-order valence-corrected chi connectivity index (χ1v) is 12.0. The van der Waals surface area contributed by atoms with Gasteiger partial charge in [-0.05, 0) is 107 Å². The number of carbonyl (C=O) groups excluding carboxylic acids is 2. The Balaban J connectivity index is 1.83. The van der Waals surface area contributed by atoms with Crippen LogP contribution in [-0.4, -0.2) is 30.2 Å². The van der Waals surface area contributed by atoms with Crippen LogP contribution in [-0.2, 0) is 14.3 Å². The minimum atomic E-state index is -0.495. The van der Waals surface area contributed by atoms with Gasteiger partial charge < -0.3 is 14.0 Å². The summed E-state index contributed by atoms with van der Waals surface area (Å²) in [4.78, 5) is 28.4. The van der Waals surface area contributed by atoms with Crippen LogP contribution in [0.15, 0.2) is 65.4 Å². The second-order valence-electron chi connectivity index (χ2n) is 9.01. The maximum Gasteiger partial charge on any atom is 0.340 e. The van der Waals surface area contributed by atoms with Crippen LogP contribution in [0.5, 0.6) is 5.75 Å². The van der Waals surface area contributed by atoms with Crippen LogP contribution < -0.4 is 9.64 Å². The van der Waals surface area contributed by atoms with Crippen LogP contribution in [0.2, 0.25) is 0 Å². The fourth-order valence-electron chi connectivity index (χ4n) is 4.67. The summed E-state index contributed by atoms with van der Waals surface area (Å²) in [5, 5.41) is 0. The van der Waals surface area contributed by atoms with Gasteiger partial charge in [0.2, 0.25) is 0 Å². The summed E-state index contributed by atoms with van der Waals surface area (Å²) in [6.07, 6.45) is 1.81. The van der Waals surface area contributed by atoms with Gasteiger partial charge in [0.15, 0.2) is 0 Å². The number of methoxy groups -OCH3 is 1. The van der Waals surface area contributed by atoms with Gasteiger partial charge in [-0.15, -0.1) is 0 Å². The number of esters is 1. The number of carbonyl (C=O) groups is 2. The minimum Gasteiger partial charge on any atom is -0.497 e. The van der Waals surface area contributed by atoms with Crippen molar-refractivity contribution in [2.24, 2.45) is 0 Å². The van der Waals surface area contributed by atoms with Gasteiger partial charge in [-0.1, -0.05) is 6.07 Å². The molecule has 1 amide bonds. The number of benzene rings is 2. The molecule has 1 aromatic heterocycles. The number of allylic oxidation sites excluding steroid dienone is 1. The molecule has 0 saturated carbocycles. The van der Waals surface area contributed by atoms with Crippen molar-refractivity contribution in [3.8, 4) is 11.4 Å². The first-order chi connectivity index (χ1) is 17.2. The molecule has 0 unspecified atom stereocenters. The SMILES string of the molecule is CCOC(=O)C1=C(C)N(c2ccc(C)c(C)c2)C(=O)/C1=C\c1cc(C)n(-c2ccc(OC)cc2)c1C. The highest BCUT2D eigenvalue weighted by Crippen LogP contribution is 2.37. The first-order valence-electron chi connectivity index (χ1n) is 12.0. The highest BCUT2D eigenvalue weighted by Gasteiger charge is 2.38. The van der Waals surface area contributed by atoms with E-state index in [4.69, 9.17) is 9.47 Å². The van der Waals surface area contributed by atoms with Crippen molar-refractivity contribution in [2.75, 3.05) is 18.6 Å². The van der Waals surface area contributed by atoms with Gasteiger partial charge in [0.25, 0.3) is 5.91 Å². The third kappa shape index (κ3) is 4.35. The molecule has 0 radical (unpaired) electrons. The van der Waals surface area contributed by atoms with E-state index in [9.17, 15) is 9.59 Å². The number of nitrogens with zero attached hydrogens (tertiary/aromatic N) is 2. The Labute approximate surface area is 212 Å². The van der Waals surface area contributed by atoms with Gasteiger partial charge in [0.05, 0.1) is 24.9 Å². The first kappa shape index (κ1) is 25.0. The molecule has 2 heterocycles. The Hall–Kier alpha value is -4.06. The van der Waals surface area contributed by atoms with Crippen molar-refractivity contribution in [2.45, 2.75) is 41.5 Å². The highest BCUT2D eigenvalue weighted by molar-refractivity contribution is 6.23. The molecule has 0 saturated heterocycles. The second kappa shape index (κ2) is 9.90. The number of anilines is 1. The van der Waals surface area contributed by atoms with E-state index < -0.39 is 5.97 Å². The van der Waals surface area contributed by atoms with Crippen LogP contribution in [0, 0.1) is 27.7 Å². The van der Waals surface area contributed by atoms with Crippen LogP contribution in [0.3, 0.4) is 0 Å². The van der Waals surface area contributed by atoms with Gasteiger partial charge in [-0.2, -0.15) is 0 Å². The van der Waals surface area contributed by atoms with Gasteiger partial charge in [-0.3, -0.25) is 9.69 Å². The number of amides is 1. The quantitative estimate of drug-likeness (QED) is 0.319. The Bertz CT molecular complexity index is 1410. The average Bonchev–Trinajstić information content (AvgIpc) is 3.27. The summed E-state index contributed by atoms with van der Waals surface area (Å²) in [7, 11) is 1.64. The molecule has 6 nitrogen and oxygen atoms in total. The lowest BCUT2D eigenvalue weighted by Crippen LogP contribution is -2.24. The molecule has 2 aromatic carbocycles. The monoisotopic (exact) mass is 484 g/mol. The predicted molar refractivity (Wildman–Crippen MR) is 143 cm³/mol. The average molecular weight is 485 g/mol. The van der Waals surface area contributed by atoms with Crippen LogP contribution in [0.4, 0.5) is 5.69 Å². The summed E-state index contributed by atoms with van der Waals surface area (Å²) >= 11 is 0. The molecule has 3 aromatic rings. The Morgan fingerprint density at radius 3 is 2.19 bits per heavy atom. The van der Waals surface area contributed by atoms with Crippen molar-refractivity contribution in [3.63, 3.8) is 0 Å². The molecule has 1 aliphatic heterocycles. The molecule has 186 valence electrons. The third-order valence-electron chi connectivity index (χ3n) is 6.73. The lowest BCUT2D eigenvalue weighted by atomic mass is 10.0. The van der Waals surface area contributed by atoms with Gasteiger partial charge in [0, 0.05) is 28.5 Å². The topological polar surface area (TPSA) is 60.8 Å². The smallest absolute Gasteiger partial charge is 0.340 e. The summed E-state index contributed by atoms with van der Waals surface area (Å²) in [6.45, 7) is 11.8. The van der Waals surface area contributed by atoms with E-state index in [0.29, 0.717) is 16.8 Å². The standard InChI is InChI=1S/C30H32N2O4/c1-8-36-30(34)28-22(6)32(25-10-9-18(2)19(3)15-25)29(33)27(28)17-23-16-20(4)31(21(23)5)24-11-13-26(35-7)14-12-24/h9-17H,8H2,1-7H3/b27-17-. The van der Waals surface area contributed by atoms with E-state index in [2.05, 4.69) is 4.57 Å².